The van der Waals surface area contributed by atoms with E-state index in [2.05, 4.69) is 36.9 Å². The van der Waals surface area contributed by atoms with Crippen molar-refractivity contribution in [1.29, 1.82) is 0 Å². The molecule has 4 heterocycles. The largest absolute Gasteiger partial charge is 0.337 e. The molecule has 0 spiro atoms. The van der Waals surface area contributed by atoms with Crippen LogP contribution in [0.25, 0.3) is 11.6 Å². The van der Waals surface area contributed by atoms with Crippen molar-refractivity contribution in [3.63, 3.8) is 0 Å². The number of unbranched alkanes of at least 4 members (excludes halogenated alkanes) is 2. The number of fused-ring (bicyclic) bond motifs is 1. The van der Waals surface area contributed by atoms with Gasteiger partial charge in [-0.15, -0.1) is 0 Å². The van der Waals surface area contributed by atoms with Crippen molar-refractivity contribution < 1.29 is 9.32 Å². The molecule has 1 amide bonds. The second kappa shape index (κ2) is 9.47. The van der Waals surface area contributed by atoms with E-state index in [1.807, 2.05) is 30.0 Å². The summed E-state index contributed by atoms with van der Waals surface area (Å²) in [6.07, 6.45) is 4.45. The molecule has 0 aliphatic carbocycles. The quantitative estimate of drug-likeness (QED) is 0.500. The van der Waals surface area contributed by atoms with Gasteiger partial charge in [0.1, 0.15) is 11.4 Å². The molecule has 4 rings (SSSR count). The molecule has 9 nitrogen and oxygen atoms in total. The molecule has 0 unspecified atom stereocenters. The number of imidazole rings is 1. The van der Waals surface area contributed by atoms with Gasteiger partial charge >= 0.3 is 0 Å². The van der Waals surface area contributed by atoms with Crippen LogP contribution in [0.5, 0.6) is 0 Å². The number of aromatic amines is 1. The molecule has 1 aliphatic rings. The summed E-state index contributed by atoms with van der Waals surface area (Å²) in [5, 5.41) is 4.30. The molecule has 0 atom stereocenters. The van der Waals surface area contributed by atoms with Crippen molar-refractivity contribution in [1.82, 2.24) is 30.0 Å². The van der Waals surface area contributed by atoms with Gasteiger partial charge in [-0.2, -0.15) is 9.97 Å². The van der Waals surface area contributed by atoms with Gasteiger partial charge in [-0.25, -0.2) is 4.98 Å². The monoisotopic (exact) mass is 443 g/mol. The second-order valence-electron chi connectivity index (χ2n) is 7.69. The zero-order chi connectivity index (χ0) is 21.8. The SMILES string of the molecule is CCCCN1CN(CCCCc2noc(-c3cccc(C)n3)n2)C(=O)c2[nH]c(Cl)nc21. The summed E-state index contributed by atoms with van der Waals surface area (Å²) >= 11 is 6.02. The Hall–Kier alpha value is -2.94. The maximum Gasteiger partial charge on any atom is 0.276 e. The van der Waals surface area contributed by atoms with Crippen LogP contribution >= 0.6 is 11.6 Å². The number of rotatable bonds is 9. The summed E-state index contributed by atoms with van der Waals surface area (Å²) < 4.78 is 5.34. The number of carbonyl (C=O) groups is 1. The molecule has 0 aromatic carbocycles. The minimum Gasteiger partial charge on any atom is -0.337 e. The highest BCUT2D eigenvalue weighted by Crippen LogP contribution is 2.27. The summed E-state index contributed by atoms with van der Waals surface area (Å²) in [7, 11) is 0. The Morgan fingerprint density at radius 3 is 2.77 bits per heavy atom. The Balaban J connectivity index is 1.32. The number of hydrogen-bond donors (Lipinski definition) is 1. The summed E-state index contributed by atoms with van der Waals surface area (Å²) in [5.41, 5.74) is 2.05. The van der Waals surface area contributed by atoms with E-state index in [9.17, 15) is 4.79 Å². The van der Waals surface area contributed by atoms with Crippen molar-refractivity contribution in [2.75, 3.05) is 24.7 Å². The van der Waals surface area contributed by atoms with Crippen LogP contribution in [0.2, 0.25) is 5.28 Å². The molecule has 1 aliphatic heterocycles. The lowest BCUT2D eigenvalue weighted by Crippen LogP contribution is -2.47. The number of amides is 1. The number of hydrogen-bond acceptors (Lipinski definition) is 7. The van der Waals surface area contributed by atoms with Gasteiger partial charge in [-0.3, -0.25) is 4.79 Å². The van der Waals surface area contributed by atoms with Gasteiger partial charge in [0.05, 0.1) is 6.67 Å². The molecule has 10 heteroatoms. The highest BCUT2D eigenvalue weighted by molar-refractivity contribution is 6.28. The first kappa shape index (κ1) is 21.3. The van der Waals surface area contributed by atoms with Crippen molar-refractivity contribution in [3.8, 4) is 11.6 Å². The number of H-pyrrole nitrogens is 1. The standard InChI is InChI=1S/C21H26ClN7O2/c1-3-4-11-28-13-29(20(30)17-18(28)26-21(22)25-17)12-6-5-10-16-24-19(31-27-16)15-9-7-8-14(2)23-15/h7-9H,3-6,10-13H2,1-2H3,(H,25,26). The summed E-state index contributed by atoms with van der Waals surface area (Å²) in [5.74, 6) is 1.67. The third kappa shape index (κ3) is 4.87. The molecule has 0 bridgehead atoms. The van der Waals surface area contributed by atoms with Gasteiger partial charge in [-0.1, -0.05) is 24.6 Å². The molecule has 0 radical (unpaired) electrons. The summed E-state index contributed by atoms with van der Waals surface area (Å²) in [6.45, 7) is 6.07. The number of nitrogens with one attached hydrogen (secondary N) is 1. The van der Waals surface area contributed by atoms with Crippen LogP contribution < -0.4 is 4.90 Å². The van der Waals surface area contributed by atoms with Gasteiger partial charge in [0.2, 0.25) is 5.28 Å². The van der Waals surface area contributed by atoms with Crippen molar-refractivity contribution in [2.45, 2.75) is 46.0 Å². The van der Waals surface area contributed by atoms with Crippen molar-refractivity contribution in [3.05, 3.63) is 40.7 Å². The highest BCUT2D eigenvalue weighted by Gasteiger charge is 2.32. The van der Waals surface area contributed by atoms with Gasteiger partial charge in [0.25, 0.3) is 11.8 Å². The molecular weight excluding hydrogens is 418 g/mol. The lowest BCUT2D eigenvalue weighted by Gasteiger charge is -2.35. The average molecular weight is 444 g/mol. The highest BCUT2D eigenvalue weighted by atomic mass is 35.5. The van der Waals surface area contributed by atoms with Gasteiger partial charge in [-0.05, 0) is 49.9 Å². The lowest BCUT2D eigenvalue weighted by molar-refractivity contribution is 0.0732. The minimum absolute atomic E-state index is 0.0606. The Bertz CT molecular complexity index is 1050. The number of aryl methyl sites for hydroxylation is 2. The van der Waals surface area contributed by atoms with Gasteiger partial charge in [0.15, 0.2) is 11.6 Å². The molecule has 3 aromatic rings. The van der Waals surface area contributed by atoms with Crippen LogP contribution in [0, 0.1) is 6.92 Å². The molecule has 0 fully saturated rings. The summed E-state index contributed by atoms with van der Waals surface area (Å²) in [4.78, 5) is 32.8. The fourth-order valence-electron chi connectivity index (χ4n) is 3.61. The van der Waals surface area contributed by atoms with E-state index in [0.717, 1.165) is 37.9 Å². The molecule has 0 saturated carbocycles. The maximum atomic E-state index is 12.8. The summed E-state index contributed by atoms with van der Waals surface area (Å²) in [6, 6.07) is 5.69. The average Bonchev–Trinajstić information content (AvgIpc) is 3.39. The van der Waals surface area contributed by atoms with E-state index >= 15 is 0 Å². The Labute approximate surface area is 185 Å². The number of aromatic nitrogens is 5. The molecule has 3 aromatic heterocycles. The first-order valence-corrected chi connectivity index (χ1v) is 11.0. The minimum atomic E-state index is -0.0606. The Morgan fingerprint density at radius 2 is 1.97 bits per heavy atom. The number of pyridine rings is 1. The second-order valence-corrected chi connectivity index (χ2v) is 8.05. The Kier molecular flexibility index (Phi) is 6.50. The number of halogens is 1. The predicted octanol–water partition coefficient (Wildman–Crippen LogP) is 3.86. The number of carbonyl (C=O) groups excluding carboxylic acids is 1. The van der Waals surface area contributed by atoms with Crippen LogP contribution in [0.1, 0.15) is 54.6 Å². The molecule has 0 saturated heterocycles. The zero-order valence-corrected chi connectivity index (χ0v) is 18.5. The molecule has 1 N–H and O–H groups in total. The van der Waals surface area contributed by atoms with Crippen LogP contribution in [-0.4, -0.2) is 55.7 Å². The van der Waals surface area contributed by atoms with Crippen LogP contribution in [0.15, 0.2) is 22.7 Å². The van der Waals surface area contributed by atoms with E-state index in [4.69, 9.17) is 16.1 Å². The lowest BCUT2D eigenvalue weighted by atomic mass is 10.2. The van der Waals surface area contributed by atoms with E-state index in [0.29, 0.717) is 48.6 Å². The van der Waals surface area contributed by atoms with E-state index < -0.39 is 0 Å². The van der Waals surface area contributed by atoms with E-state index in [1.54, 1.807) is 0 Å². The van der Waals surface area contributed by atoms with Crippen molar-refractivity contribution >= 4 is 23.3 Å². The van der Waals surface area contributed by atoms with Crippen LogP contribution in [0.3, 0.4) is 0 Å². The maximum absolute atomic E-state index is 12.8. The first-order chi connectivity index (χ1) is 15.0. The number of nitrogens with zero attached hydrogens (tertiary/aromatic N) is 6. The van der Waals surface area contributed by atoms with Gasteiger partial charge in [0, 0.05) is 25.2 Å². The molecule has 164 valence electrons. The third-order valence-corrected chi connectivity index (χ3v) is 5.41. The van der Waals surface area contributed by atoms with Crippen LogP contribution in [-0.2, 0) is 6.42 Å². The Morgan fingerprint density at radius 1 is 1.13 bits per heavy atom. The van der Waals surface area contributed by atoms with E-state index in [-0.39, 0.29) is 11.2 Å². The fraction of sp³-hybridized carbons (Fsp3) is 0.476. The topological polar surface area (TPSA) is 104 Å². The normalized spacial score (nSPS) is 13.7. The fourth-order valence-corrected chi connectivity index (χ4v) is 3.79. The third-order valence-electron chi connectivity index (χ3n) is 5.23. The van der Waals surface area contributed by atoms with E-state index in [1.165, 1.54) is 0 Å². The number of anilines is 1. The smallest absolute Gasteiger partial charge is 0.276 e. The molecular formula is C21H26ClN7O2. The van der Waals surface area contributed by atoms with Crippen LogP contribution in [0.4, 0.5) is 5.82 Å². The van der Waals surface area contributed by atoms with Crippen molar-refractivity contribution in [2.24, 2.45) is 0 Å². The first-order valence-electron chi connectivity index (χ1n) is 10.6. The predicted molar refractivity (Wildman–Crippen MR) is 117 cm³/mol. The van der Waals surface area contributed by atoms with Gasteiger partial charge < -0.3 is 19.3 Å². The molecule has 31 heavy (non-hydrogen) atoms. The zero-order valence-electron chi connectivity index (χ0n) is 17.8.